The minimum Gasteiger partial charge on any atom is -0.461 e. The number of amides is 1. The van der Waals surface area contributed by atoms with E-state index in [0.717, 1.165) is 0 Å². The van der Waals surface area contributed by atoms with Crippen LogP contribution in [0.1, 0.15) is 27.9 Å². The Labute approximate surface area is 153 Å². The van der Waals surface area contributed by atoms with Gasteiger partial charge in [-0.2, -0.15) is 0 Å². The fraction of sp³-hybridized carbons (Fsp3) is 0.105. The van der Waals surface area contributed by atoms with Crippen molar-refractivity contribution in [3.63, 3.8) is 0 Å². The molecular weight excluding hydrogens is 351 g/mol. The lowest BCUT2D eigenvalue weighted by atomic mass is 10.1. The lowest BCUT2D eigenvalue weighted by molar-refractivity contribution is 0.0932. The number of benzene rings is 1. The zero-order valence-electron chi connectivity index (χ0n) is 14.3. The summed E-state index contributed by atoms with van der Waals surface area (Å²) in [5.41, 5.74) is 0.643. The van der Waals surface area contributed by atoms with Crippen LogP contribution in [0.2, 0.25) is 0 Å². The van der Waals surface area contributed by atoms with Gasteiger partial charge in [0.1, 0.15) is 17.7 Å². The first-order valence-corrected chi connectivity index (χ1v) is 8.16. The quantitative estimate of drug-likeness (QED) is 0.585. The Morgan fingerprint density at radius 3 is 2.81 bits per heavy atom. The number of aromatic nitrogens is 3. The number of carbonyl (C=O) groups excluding carboxylic acids is 1. The van der Waals surface area contributed by atoms with E-state index >= 15 is 0 Å². The second-order valence-corrected chi connectivity index (χ2v) is 5.91. The average molecular weight is 366 g/mol. The molecule has 136 valence electrons. The molecule has 3 aromatic heterocycles. The molecule has 1 N–H and O–H groups in total. The number of aryl methyl sites for hydroxylation is 1. The molecule has 3 heterocycles. The van der Waals surface area contributed by atoms with Gasteiger partial charge in [0, 0.05) is 25.5 Å². The van der Waals surface area contributed by atoms with Crippen LogP contribution in [-0.2, 0) is 7.05 Å². The predicted octanol–water partition coefficient (Wildman–Crippen LogP) is 3.33. The van der Waals surface area contributed by atoms with Crippen LogP contribution in [0, 0.1) is 5.82 Å². The minimum atomic E-state index is -0.656. The molecule has 1 atom stereocenters. The van der Waals surface area contributed by atoms with E-state index in [0.29, 0.717) is 22.9 Å². The molecule has 0 fully saturated rings. The van der Waals surface area contributed by atoms with Gasteiger partial charge in [0.2, 0.25) is 5.76 Å². The normalized spacial score (nSPS) is 12.1. The van der Waals surface area contributed by atoms with Crippen LogP contribution in [0.5, 0.6) is 0 Å². The molecule has 0 saturated heterocycles. The lowest BCUT2D eigenvalue weighted by Gasteiger charge is -2.18. The molecule has 0 unspecified atom stereocenters. The van der Waals surface area contributed by atoms with Crippen molar-refractivity contribution in [3.8, 4) is 11.5 Å². The lowest BCUT2D eigenvalue weighted by Crippen LogP contribution is -2.31. The summed E-state index contributed by atoms with van der Waals surface area (Å²) >= 11 is 0. The van der Waals surface area contributed by atoms with Crippen molar-refractivity contribution < 1.29 is 18.1 Å². The average Bonchev–Trinajstić information content (AvgIpc) is 3.40. The summed E-state index contributed by atoms with van der Waals surface area (Å²) in [7, 11) is 1.80. The van der Waals surface area contributed by atoms with Crippen molar-refractivity contribution in [1.82, 2.24) is 20.0 Å². The van der Waals surface area contributed by atoms with Crippen LogP contribution in [0.25, 0.3) is 11.5 Å². The summed E-state index contributed by atoms with van der Waals surface area (Å²) in [6.45, 7) is 0. The highest BCUT2D eigenvalue weighted by Gasteiger charge is 2.24. The molecule has 0 saturated carbocycles. The number of imidazole rings is 1. The topological polar surface area (TPSA) is 86.1 Å². The van der Waals surface area contributed by atoms with Gasteiger partial charge in [-0.3, -0.25) is 4.79 Å². The predicted molar refractivity (Wildman–Crippen MR) is 93.1 cm³/mol. The summed E-state index contributed by atoms with van der Waals surface area (Å²) in [6.07, 6.45) is 4.86. The van der Waals surface area contributed by atoms with Gasteiger partial charge in [0.05, 0.1) is 6.26 Å². The second kappa shape index (κ2) is 6.91. The Balaban J connectivity index is 1.64. The molecule has 0 aliphatic rings. The zero-order valence-corrected chi connectivity index (χ0v) is 14.3. The maximum absolute atomic E-state index is 13.7. The minimum absolute atomic E-state index is 0.0806. The van der Waals surface area contributed by atoms with Crippen molar-refractivity contribution in [2.45, 2.75) is 6.04 Å². The van der Waals surface area contributed by atoms with E-state index in [2.05, 4.69) is 15.5 Å². The number of nitrogens with zero attached hydrogens (tertiary/aromatic N) is 3. The molecule has 0 aliphatic carbocycles. The smallest absolute Gasteiger partial charge is 0.274 e. The van der Waals surface area contributed by atoms with E-state index in [1.807, 2.05) is 0 Å². The highest BCUT2D eigenvalue weighted by molar-refractivity contribution is 5.93. The Kier molecular flexibility index (Phi) is 4.29. The monoisotopic (exact) mass is 366 g/mol. The molecule has 7 nitrogen and oxygen atoms in total. The third-order valence-electron chi connectivity index (χ3n) is 4.08. The molecule has 4 aromatic rings. The Morgan fingerprint density at radius 1 is 1.22 bits per heavy atom. The number of hydrogen-bond acceptors (Lipinski definition) is 5. The highest BCUT2D eigenvalue weighted by atomic mass is 19.1. The molecule has 1 amide bonds. The summed E-state index contributed by atoms with van der Waals surface area (Å²) < 4.78 is 25.9. The Hall–Kier alpha value is -3.68. The molecule has 0 aliphatic heterocycles. The van der Waals surface area contributed by atoms with Gasteiger partial charge in [-0.1, -0.05) is 17.3 Å². The van der Waals surface area contributed by atoms with E-state index < -0.39 is 17.8 Å². The summed E-state index contributed by atoms with van der Waals surface area (Å²) in [5.74, 6) is 0.483. The number of nitrogens with one attached hydrogen (secondary N) is 1. The third-order valence-corrected chi connectivity index (χ3v) is 4.08. The van der Waals surface area contributed by atoms with E-state index in [1.54, 1.807) is 48.3 Å². The van der Waals surface area contributed by atoms with Gasteiger partial charge in [-0.15, -0.1) is 0 Å². The first-order valence-electron chi connectivity index (χ1n) is 8.16. The Bertz CT molecular complexity index is 1070. The molecule has 1 aromatic carbocycles. The summed E-state index contributed by atoms with van der Waals surface area (Å²) in [6, 6.07) is 10.2. The van der Waals surface area contributed by atoms with E-state index in [9.17, 15) is 9.18 Å². The van der Waals surface area contributed by atoms with E-state index in [-0.39, 0.29) is 5.69 Å². The number of furan rings is 1. The van der Waals surface area contributed by atoms with E-state index in [4.69, 9.17) is 8.94 Å². The fourth-order valence-electron chi connectivity index (χ4n) is 2.76. The molecule has 0 radical (unpaired) electrons. The summed E-state index contributed by atoms with van der Waals surface area (Å²) in [4.78, 5) is 17.0. The molecular formula is C19H15FN4O3. The number of hydrogen-bond donors (Lipinski definition) is 1. The Morgan fingerprint density at radius 2 is 2.11 bits per heavy atom. The zero-order chi connectivity index (χ0) is 18.8. The maximum atomic E-state index is 13.7. The second-order valence-electron chi connectivity index (χ2n) is 5.91. The van der Waals surface area contributed by atoms with Gasteiger partial charge in [0.25, 0.3) is 5.91 Å². The van der Waals surface area contributed by atoms with Gasteiger partial charge in [0.15, 0.2) is 11.5 Å². The molecule has 8 heteroatoms. The SMILES string of the molecule is Cn1ccnc1[C@H](NC(=O)c1cc(-c2ccco2)on1)c1cccc(F)c1. The van der Waals surface area contributed by atoms with Crippen LogP contribution in [0.4, 0.5) is 4.39 Å². The van der Waals surface area contributed by atoms with Crippen LogP contribution in [-0.4, -0.2) is 20.6 Å². The van der Waals surface area contributed by atoms with Crippen LogP contribution < -0.4 is 5.32 Å². The van der Waals surface area contributed by atoms with Crippen molar-refractivity contribution >= 4 is 5.91 Å². The van der Waals surface area contributed by atoms with Crippen molar-refractivity contribution in [3.05, 3.63) is 84.0 Å². The van der Waals surface area contributed by atoms with Crippen LogP contribution in [0.3, 0.4) is 0 Å². The van der Waals surface area contributed by atoms with Crippen molar-refractivity contribution in [1.29, 1.82) is 0 Å². The first kappa shape index (κ1) is 16.8. The highest BCUT2D eigenvalue weighted by Crippen LogP contribution is 2.24. The van der Waals surface area contributed by atoms with Crippen molar-refractivity contribution in [2.75, 3.05) is 0 Å². The van der Waals surface area contributed by atoms with Crippen LogP contribution in [0.15, 0.2) is 70.1 Å². The molecule has 0 spiro atoms. The maximum Gasteiger partial charge on any atom is 0.274 e. The van der Waals surface area contributed by atoms with Gasteiger partial charge in [-0.05, 0) is 29.8 Å². The summed E-state index contributed by atoms with van der Waals surface area (Å²) in [5, 5.41) is 6.63. The van der Waals surface area contributed by atoms with E-state index in [1.165, 1.54) is 24.5 Å². The van der Waals surface area contributed by atoms with Crippen molar-refractivity contribution in [2.24, 2.45) is 7.05 Å². The molecule has 27 heavy (non-hydrogen) atoms. The largest absolute Gasteiger partial charge is 0.461 e. The third kappa shape index (κ3) is 3.37. The van der Waals surface area contributed by atoms with Gasteiger partial charge in [-0.25, -0.2) is 9.37 Å². The molecule has 4 rings (SSSR count). The number of halogens is 1. The first-order chi connectivity index (χ1) is 13.1. The fourth-order valence-corrected chi connectivity index (χ4v) is 2.76. The standard InChI is InChI=1S/C19H15FN4O3/c1-24-8-7-21-18(24)17(12-4-2-5-13(20)10-12)22-19(25)14-11-16(27-23-14)15-6-3-9-26-15/h2-11,17H,1H3,(H,22,25)/t17-/m1/s1. The van der Waals surface area contributed by atoms with Gasteiger partial charge < -0.3 is 18.8 Å². The van der Waals surface area contributed by atoms with Crippen LogP contribution >= 0.6 is 0 Å². The molecule has 0 bridgehead atoms. The number of rotatable bonds is 5. The van der Waals surface area contributed by atoms with Gasteiger partial charge >= 0.3 is 0 Å². The number of carbonyl (C=O) groups is 1.